The quantitative estimate of drug-likeness (QED) is 0.450. The Balaban J connectivity index is 1.44. The van der Waals surface area contributed by atoms with E-state index in [0.29, 0.717) is 17.3 Å². The third-order valence-corrected chi connectivity index (χ3v) is 6.39. The molecular formula is C25H34ClN. The zero-order chi connectivity index (χ0) is 19.1. The average molecular weight is 384 g/mol. The average Bonchev–Trinajstić information content (AvgIpc) is 3.12. The van der Waals surface area contributed by atoms with Gasteiger partial charge < -0.3 is 4.90 Å². The Morgan fingerprint density at radius 2 is 1.59 bits per heavy atom. The molecule has 0 N–H and O–H groups in total. The molecule has 0 aromatic heterocycles. The van der Waals surface area contributed by atoms with E-state index in [0.717, 1.165) is 25.8 Å². The van der Waals surface area contributed by atoms with Crippen LogP contribution in [-0.4, -0.2) is 29.4 Å². The highest BCUT2D eigenvalue weighted by atomic mass is 35.5. The van der Waals surface area contributed by atoms with Gasteiger partial charge in [-0.3, -0.25) is 0 Å². The molecule has 0 aliphatic heterocycles. The standard InChI is InChI=1S/C25H34ClN/c1-20(2)27(18-16-21-7-4-3-5-8-21)17-6-9-22-10-12-23(13-11-22)24-14-15-25(26)19-24/h3-5,7-8,10-13,20,24-25H,6,9,14-19H2,1-2H3. The molecule has 2 heteroatoms. The van der Waals surface area contributed by atoms with E-state index >= 15 is 0 Å². The van der Waals surface area contributed by atoms with Crippen LogP contribution in [0.4, 0.5) is 0 Å². The summed E-state index contributed by atoms with van der Waals surface area (Å²) < 4.78 is 0. The van der Waals surface area contributed by atoms with Gasteiger partial charge in [0.25, 0.3) is 0 Å². The van der Waals surface area contributed by atoms with Crippen LogP contribution in [0, 0.1) is 0 Å². The number of alkyl halides is 1. The first-order valence-electron chi connectivity index (χ1n) is 10.6. The van der Waals surface area contributed by atoms with Crippen LogP contribution in [0.5, 0.6) is 0 Å². The first kappa shape index (κ1) is 20.4. The van der Waals surface area contributed by atoms with Crippen molar-refractivity contribution in [3.8, 4) is 0 Å². The second-order valence-electron chi connectivity index (χ2n) is 8.32. The molecule has 1 aliphatic rings. The van der Waals surface area contributed by atoms with E-state index in [1.807, 2.05) is 0 Å². The van der Waals surface area contributed by atoms with Gasteiger partial charge in [-0.1, -0.05) is 54.6 Å². The highest BCUT2D eigenvalue weighted by Gasteiger charge is 2.23. The van der Waals surface area contributed by atoms with Gasteiger partial charge in [0.1, 0.15) is 0 Å². The van der Waals surface area contributed by atoms with Crippen LogP contribution in [0.1, 0.15) is 62.1 Å². The molecule has 3 rings (SSSR count). The molecule has 0 amide bonds. The van der Waals surface area contributed by atoms with Crippen LogP contribution in [-0.2, 0) is 12.8 Å². The minimum atomic E-state index is 0.382. The van der Waals surface area contributed by atoms with E-state index in [1.165, 1.54) is 42.5 Å². The van der Waals surface area contributed by atoms with Crippen LogP contribution < -0.4 is 0 Å². The second-order valence-corrected chi connectivity index (χ2v) is 8.93. The van der Waals surface area contributed by atoms with Gasteiger partial charge in [0.2, 0.25) is 0 Å². The molecule has 2 aromatic carbocycles. The monoisotopic (exact) mass is 383 g/mol. The maximum Gasteiger partial charge on any atom is 0.0342 e. The Morgan fingerprint density at radius 1 is 0.889 bits per heavy atom. The number of benzene rings is 2. The first-order valence-corrected chi connectivity index (χ1v) is 11.1. The van der Waals surface area contributed by atoms with Crippen molar-refractivity contribution in [3.05, 3.63) is 71.3 Å². The van der Waals surface area contributed by atoms with Gasteiger partial charge >= 0.3 is 0 Å². The molecule has 2 aromatic rings. The Bertz CT molecular complexity index is 664. The van der Waals surface area contributed by atoms with Gasteiger partial charge in [-0.05, 0) is 81.5 Å². The molecule has 0 saturated heterocycles. The number of rotatable bonds is 9. The van der Waals surface area contributed by atoms with Gasteiger partial charge in [-0.2, -0.15) is 0 Å². The number of hydrogen-bond acceptors (Lipinski definition) is 1. The Morgan fingerprint density at radius 3 is 2.22 bits per heavy atom. The number of nitrogens with zero attached hydrogens (tertiary/aromatic N) is 1. The van der Waals surface area contributed by atoms with Crippen LogP contribution in [0.25, 0.3) is 0 Å². The molecule has 1 fully saturated rings. The SMILES string of the molecule is CC(C)N(CCCc1ccc(C2CCC(Cl)C2)cc1)CCc1ccccc1. The van der Waals surface area contributed by atoms with Crippen molar-refractivity contribution in [2.45, 2.75) is 69.7 Å². The molecule has 0 radical (unpaired) electrons. The maximum absolute atomic E-state index is 6.27. The Labute approximate surface area is 170 Å². The van der Waals surface area contributed by atoms with Gasteiger partial charge in [-0.15, -0.1) is 11.6 Å². The molecule has 1 saturated carbocycles. The number of aryl methyl sites for hydroxylation is 1. The van der Waals surface area contributed by atoms with E-state index in [9.17, 15) is 0 Å². The fourth-order valence-corrected chi connectivity index (χ4v) is 4.56. The zero-order valence-corrected chi connectivity index (χ0v) is 17.7. The van der Waals surface area contributed by atoms with Crippen molar-refractivity contribution < 1.29 is 0 Å². The van der Waals surface area contributed by atoms with Crippen molar-refractivity contribution >= 4 is 11.6 Å². The molecule has 2 atom stereocenters. The van der Waals surface area contributed by atoms with Crippen molar-refractivity contribution in [1.82, 2.24) is 4.90 Å². The predicted molar refractivity (Wildman–Crippen MR) is 118 cm³/mol. The molecule has 1 aliphatic carbocycles. The molecule has 27 heavy (non-hydrogen) atoms. The molecule has 0 spiro atoms. The number of halogens is 1. The summed E-state index contributed by atoms with van der Waals surface area (Å²) >= 11 is 6.27. The van der Waals surface area contributed by atoms with E-state index in [1.54, 1.807) is 0 Å². The molecule has 0 heterocycles. The Hall–Kier alpha value is -1.31. The van der Waals surface area contributed by atoms with Crippen molar-refractivity contribution in [2.24, 2.45) is 0 Å². The van der Waals surface area contributed by atoms with E-state index in [4.69, 9.17) is 11.6 Å². The predicted octanol–water partition coefficient (Wildman–Crippen LogP) is 6.45. The van der Waals surface area contributed by atoms with Gasteiger partial charge in [0.05, 0.1) is 0 Å². The summed E-state index contributed by atoms with van der Waals surface area (Å²) in [5.41, 5.74) is 4.38. The van der Waals surface area contributed by atoms with Crippen molar-refractivity contribution in [2.75, 3.05) is 13.1 Å². The smallest absolute Gasteiger partial charge is 0.0342 e. The molecule has 146 valence electrons. The van der Waals surface area contributed by atoms with Crippen LogP contribution in [0.15, 0.2) is 54.6 Å². The minimum absolute atomic E-state index is 0.382. The second kappa shape index (κ2) is 10.3. The van der Waals surface area contributed by atoms with E-state index in [-0.39, 0.29) is 0 Å². The van der Waals surface area contributed by atoms with Crippen molar-refractivity contribution in [3.63, 3.8) is 0 Å². The maximum atomic E-state index is 6.27. The zero-order valence-electron chi connectivity index (χ0n) is 16.9. The summed E-state index contributed by atoms with van der Waals surface area (Å²) in [5.74, 6) is 0.677. The molecule has 1 nitrogen and oxygen atoms in total. The first-order chi connectivity index (χ1) is 13.1. The van der Waals surface area contributed by atoms with Crippen LogP contribution in [0.3, 0.4) is 0 Å². The van der Waals surface area contributed by atoms with E-state index < -0.39 is 0 Å². The highest BCUT2D eigenvalue weighted by Crippen LogP contribution is 2.37. The molecule has 2 unspecified atom stereocenters. The number of hydrogen-bond donors (Lipinski definition) is 0. The summed E-state index contributed by atoms with van der Waals surface area (Å²) in [6.07, 6.45) is 7.08. The fourth-order valence-electron chi connectivity index (χ4n) is 4.22. The summed E-state index contributed by atoms with van der Waals surface area (Å²) in [6, 6.07) is 20.8. The van der Waals surface area contributed by atoms with Gasteiger partial charge in [0.15, 0.2) is 0 Å². The lowest BCUT2D eigenvalue weighted by molar-refractivity contribution is 0.222. The lowest BCUT2D eigenvalue weighted by Gasteiger charge is -2.26. The van der Waals surface area contributed by atoms with Crippen molar-refractivity contribution in [1.29, 1.82) is 0 Å². The molecule has 0 bridgehead atoms. The van der Waals surface area contributed by atoms with Gasteiger partial charge in [-0.25, -0.2) is 0 Å². The summed E-state index contributed by atoms with van der Waals surface area (Å²) in [5, 5.41) is 0.382. The topological polar surface area (TPSA) is 3.24 Å². The van der Waals surface area contributed by atoms with Gasteiger partial charge in [0, 0.05) is 18.0 Å². The summed E-state index contributed by atoms with van der Waals surface area (Å²) in [7, 11) is 0. The van der Waals surface area contributed by atoms with Crippen LogP contribution >= 0.6 is 11.6 Å². The summed E-state index contributed by atoms with van der Waals surface area (Å²) in [4.78, 5) is 2.61. The molecular weight excluding hydrogens is 350 g/mol. The third-order valence-electron chi connectivity index (χ3n) is 5.99. The lowest BCUT2D eigenvalue weighted by Crippen LogP contribution is -2.34. The van der Waals surface area contributed by atoms with E-state index in [2.05, 4.69) is 73.3 Å². The minimum Gasteiger partial charge on any atom is -0.301 e. The van der Waals surface area contributed by atoms with Crippen LogP contribution in [0.2, 0.25) is 0 Å². The third kappa shape index (κ3) is 6.36. The Kier molecular flexibility index (Phi) is 7.79. The fraction of sp³-hybridized carbons (Fsp3) is 0.520. The normalized spacial score (nSPS) is 19.9. The summed E-state index contributed by atoms with van der Waals surface area (Å²) in [6.45, 7) is 6.93. The largest absolute Gasteiger partial charge is 0.301 e. The highest BCUT2D eigenvalue weighted by molar-refractivity contribution is 6.20. The lowest BCUT2D eigenvalue weighted by atomic mass is 9.96.